The molecule has 1 fully saturated rings. The number of likely N-dealkylation sites (tertiary alicyclic amines) is 1. The van der Waals surface area contributed by atoms with Crippen molar-refractivity contribution in [1.29, 1.82) is 0 Å². The third kappa shape index (κ3) is 6.62. The molecule has 4 rings (SSSR count). The van der Waals surface area contributed by atoms with E-state index in [0.717, 1.165) is 29.5 Å². The number of benzene rings is 2. The summed E-state index contributed by atoms with van der Waals surface area (Å²) in [6.45, 7) is 7.28. The molecule has 204 valence electrons. The van der Waals surface area contributed by atoms with Crippen LogP contribution < -0.4 is 16.4 Å². The lowest BCUT2D eigenvalue weighted by Crippen LogP contribution is -2.52. The number of halogens is 1. The number of anilines is 1. The van der Waals surface area contributed by atoms with Crippen LogP contribution in [0.5, 0.6) is 0 Å². The Bertz CT molecular complexity index is 1190. The molecule has 0 bridgehead atoms. The van der Waals surface area contributed by atoms with Gasteiger partial charge in [0.2, 0.25) is 11.8 Å². The molecule has 8 nitrogen and oxygen atoms in total. The lowest BCUT2D eigenvalue weighted by atomic mass is 9.96. The number of rotatable bonds is 6. The van der Waals surface area contributed by atoms with E-state index in [2.05, 4.69) is 10.6 Å². The lowest BCUT2D eigenvalue weighted by molar-refractivity contribution is -0.131. The number of nitrogen functional groups attached to an aromatic ring is 1. The maximum atomic E-state index is 13.4. The lowest BCUT2D eigenvalue weighted by Gasteiger charge is -2.28. The van der Waals surface area contributed by atoms with Crippen LogP contribution in [0, 0.1) is 11.7 Å². The van der Waals surface area contributed by atoms with Crippen molar-refractivity contribution in [2.75, 3.05) is 12.3 Å². The molecule has 9 heteroatoms. The summed E-state index contributed by atoms with van der Waals surface area (Å²) in [5.41, 5.74) is 8.94. The van der Waals surface area contributed by atoms with Crippen molar-refractivity contribution in [3.63, 3.8) is 0 Å². The maximum Gasteiger partial charge on any atom is 0.410 e. The number of carbonyl (C=O) groups excluding carboxylic acids is 3. The van der Waals surface area contributed by atoms with Gasteiger partial charge in [-0.05, 0) is 100 Å². The summed E-state index contributed by atoms with van der Waals surface area (Å²) in [6.07, 6.45) is 2.03. The quantitative estimate of drug-likeness (QED) is 0.497. The zero-order valence-corrected chi connectivity index (χ0v) is 22.4. The van der Waals surface area contributed by atoms with Crippen LogP contribution >= 0.6 is 0 Å². The van der Waals surface area contributed by atoms with E-state index in [1.807, 2.05) is 18.2 Å². The van der Waals surface area contributed by atoms with Crippen LogP contribution in [0.1, 0.15) is 63.3 Å². The molecule has 1 aliphatic carbocycles. The van der Waals surface area contributed by atoms with Gasteiger partial charge in [0.25, 0.3) is 0 Å². The highest BCUT2D eigenvalue weighted by molar-refractivity contribution is 5.91. The number of nitrogens with two attached hydrogens (primary N) is 1. The van der Waals surface area contributed by atoms with E-state index < -0.39 is 29.7 Å². The average Bonchev–Trinajstić information content (AvgIpc) is 3.43. The fourth-order valence-corrected chi connectivity index (χ4v) is 5.25. The fraction of sp³-hybridized carbons (Fsp3) is 0.483. The van der Waals surface area contributed by atoms with Crippen LogP contribution in [0.25, 0.3) is 0 Å². The van der Waals surface area contributed by atoms with E-state index >= 15 is 0 Å². The summed E-state index contributed by atoms with van der Waals surface area (Å²) in [4.78, 5) is 40.8. The third-order valence-corrected chi connectivity index (χ3v) is 7.07. The molecule has 2 aromatic carbocycles. The molecule has 4 atom stereocenters. The number of fused-ring (bicyclic) bond motifs is 1. The predicted molar refractivity (Wildman–Crippen MR) is 143 cm³/mol. The molecular formula is C29H37FN4O4. The second kappa shape index (κ2) is 11.0. The van der Waals surface area contributed by atoms with Crippen molar-refractivity contribution < 1.29 is 23.5 Å². The van der Waals surface area contributed by atoms with Crippen LogP contribution in [0.4, 0.5) is 14.9 Å². The third-order valence-electron chi connectivity index (χ3n) is 7.07. The maximum absolute atomic E-state index is 13.4. The average molecular weight is 525 g/mol. The first-order chi connectivity index (χ1) is 17.9. The SMILES string of the molecule is C[C@H](NC(=O)C1C[C@H](Cc2ccc(F)cc2)CN1C(=O)OC(C)(C)C)C(=O)NC1CCc2cc(N)ccc21. The Morgan fingerprint density at radius 3 is 2.55 bits per heavy atom. The molecule has 2 unspecified atom stereocenters. The number of hydrogen-bond donors (Lipinski definition) is 3. The van der Waals surface area contributed by atoms with Gasteiger partial charge in [-0.1, -0.05) is 18.2 Å². The summed E-state index contributed by atoms with van der Waals surface area (Å²) >= 11 is 0. The Kier molecular flexibility index (Phi) is 7.94. The minimum atomic E-state index is -0.794. The largest absolute Gasteiger partial charge is 0.444 e. The highest BCUT2D eigenvalue weighted by atomic mass is 19.1. The van der Waals surface area contributed by atoms with Gasteiger partial charge < -0.3 is 21.1 Å². The number of carbonyl (C=O) groups is 3. The van der Waals surface area contributed by atoms with Crippen molar-refractivity contribution in [3.05, 3.63) is 65.0 Å². The van der Waals surface area contributed by atoms with Crippen LogP contribution in [-0.4, -0.2) is 47.0 Å². The standard InChI is InChI=1S/C29H37FN4O4/c1-17(26(35)33-24-12-7-20-15-22(31)10-11-23(20)24)32-27(36)25-14-19(13-18-5-8-21(30)9-6-18)16-34(25)28(37)38-29(2,3)4/h5-6,8-11,15,17,19,24-25H,7,12-14,16,31H2,1-4H3,(H,32,36)(H,33,35)/t17-,19-,24?,25?/m0/s1. The van der Waals surface area contributed by atoms with Crippen molar-refractivity contribution in [2.24, 2.45) is 5.92 Å². The zero-order valence-electron chi connectivity index (χ0n) is 22.4. The molecule has 0 radical (unpaired) electrons. The summed E-state index contributed by atoms with van der Waals surface area (Å²) in [7, 11) is 0. The monoisotopic (exact) mass is 524 g/mol. The van der Waals surface area contributed by atoms with Crippen molar-refractivity contribution in [3.8, 4) is 0 Å². The van der Waals surface area contributed by atoms with Gasteiger partial charge in [0, 0.05) is 12.2 Å². The van der Waals surface area contributed by atoms with Gasteiger partial charge in [-0.15, -0.1) is 0 Å². The summed E-state index contributed by atoms with van der Waals surface area (Å²) < 4.78 is 18.9. The number of hydrogen-bond acceptors (Lipinski definition) is 5. The van der Waals surface area contributed by atoms with Gasteiger partial charge in [0.1, 0.15) is 23.5 Å². The highest BCUT2D eigenvalue weighted by Gasteiger charge is 2.42. The first-order valence-corrected chi connectivity index (χ1v) is 13.1. The Hall–Kier alpha value is -3.62. The fourth-order valence-electron chi connectivity index (χ4n) is 5.25. The molecule has 1 heterocycles. The Balaban J connectivity index is 1.41. The van der Waals surface area contributed by atoms with Gasteiger partial charge in [-0.3, -0.25) is 14.5 Å². The normalized spacial score (nSPS) is 21.5. The summed E-state index contributed by atoms with van der Waals surface area (Å²) in [5.74, 6) is -1.03. The molecule has 38 heavy (non-hydrogen) atoms. The van der Waals surface area contributed by atoms with Crippen molar-refractivity contribution in [2.45, 2.75) is 77.1 Å². The summed E-state index contributed by atoms with van der Waals surface area (Å²) in [5, 5.41) is 5.83. The topological polar surface area (TPSA) is 114 Å². The molecule has 0 aromatic heterocycles. The highest BCUT2D eigenvalue weighted by Crippen LogP contribution is 2.32. The molecule has 4 N–H and O–H groups in total. The van der Waals surface area contributed by atoms with E-state index in [0.29, 0.717) is 25.1 Å². The molecule has 0 saturated carbocycles. The van der Waals surface area contributed by atoms with E-state index in [4.69, 9.17) is 10.5 Å². The zero-order chi connectivity index (χ0) is 27.6. The Morgan fingerprint density at radius 1 is 1.16 bits per heavy atom. The molecule has 3 amide bonds. The smallest absolute Gasteiger partial charge is 0.410 e. The van der Waals surface area contributed by atoms with E-state index in [1.54, 1.807) is 39.8 Å². The Morgan fingerprint density at radius 2 is 1.87 bits per heavy atom. The number of amides is 3. The van der Waals surface area contributed by atoms with Crippen LogP contribution in [0.3, 0.4) is 0 Å². The van der Waals surface area contributed by atoms with E-state index in [-0.39, 0.29) is 23.7 Å². The minimum absolute atomic E-state index is 0.0183. The van der Waals surface area contributed by atoms with Gasteiger partial charge in [-0.2, -0.15) is 0 Å². The van der Waals surface area contributed by atoms with Crippen molar-refractivity contribution >= 4 is 23.6 Å². The van der Waals surface area contributed by atoms with Crippen LogP contribution in [0.2, 0.25) is 0 Å². The molecule has 1 aliphatic heterocycles. The number of nitrogens with one attached hydrogen (secondary N) is 2. The van der Waals surface area contributed by atoms with E-state index in [1.165, 1.54) is 17.0 Å². The van der Waals surface area contributed by atoms with Gasteiger partial charge in [0.15, 0.2) is 0 Å². The number of nitrogens with zero attached hydrogens (tertiary/aromatic N) is 1. The first-order valence-electron chi connectivity index (χ1n) is 13.1. The predicted octanol–water partition coefficient (Wildman–Crippen LogP) is 3.88. The molecule has 2 aliphatic rings. The van der Waals surface area contributed by atoms with Crippen molar-refractivity contribution in [1.82, 2.24) is 15.5 Å². The molecular weight excluding hydrogens is 487 g/mol. The second-order valence-corrected chi connectivity index (χ2v) is 11.4. The van der Waals surface area contributed by atoms with Gasteiger partial charge >= 0.3 is 6.09 Å². The van der Waals surface area contributed by atoms with Gasteiger partial charge in [-0.25, -0.2) is 9.18 Å². The molecule has 2 aromatic rings. The molecule has 0 spiro atoms. The van der Waals surface area contributed by atoms with E-state index in [9.17, 15) is 18.8 Å². The number of aryl methyl sites for hydroxylation is 1. The summed E-state index contributed by atoms with van der Waals surface area (Å²) in [6, 6.07) is 10.2. The first kappa shape index (κ1) is 27.4. The van der Waals surface area contributed by atoms with Crippen LogP contribution in [-0.2, 0) is 27.2 Å². The molecule has 1 saturated heterocycles. The van der Waals surface area contributed by atoms with Gasteiger partial charge in [0.05, 0.1) is 6.04 Å². The van der Waals surface area contributed by atoms with Crippen LogP contribution in [0.15, 0.2) is 42.5 Å². The minimum Gasteiger partial charge on any atom is -0.444 e. The second-order valence-electron chi connectivity index (χ2n) is 11.4. The Labute approximate surface area is 223 Å². The number of ether oxygens (including phenoxy) is 1.